The van der Waals surface area contributed by atoms with Crippen molar-refractivity contribution in [1.82, 2.24) is 15.0 Å². The number of rotatable bonds is 5. The van der Waals surface area contributed by atoms with E-state index in [1.165, 1.54) is 0 Å². The maximum absolute atomic E-state index is 11.1. The lowest BCUT2D eigenvalue weighted by Crippen LogP contribution is -2.09. The number of aromatic carboxylic acids is 1. The molecule has 0 aliphatic carbocycles. The summed E-state index contributed by atoms with van der Waals surface area (Å²) < 4.78 is 1.60. The van der Waals surface area contributed by atoms with Crippen LogP contribution in [0.4, 0.5) is 0 Å². The lowest BCUT2D eigenvalue weighted by Gasteiger charge is -2.05. The van der Waals surface area contributed by atoms with Gasteiger partial charge in [-0.3, -0.25) is 0 Å². The predicted octanol–water partition coefficient (Wildman–Crippen LogP) is 2.20. The van der Waals surface area contributed by atoms with E-state index in [9.17, 15) is 4.79 Å². The first-order valence-corrected chi connectivity index (χ1v) is 6.28. The summed E-state index contributed by atoms with van der Waals surface area (Å²) in [5.74, 6) is -1.05. The molecule has 0 aromatic carbocycles. The third-order valence-corrected chi connectivity index (χ3v) is 3.26. The largest absolute Gasteiger partial charge is 0.476 e. The number of carboxylic acid groups (broad SMARTS) is 1. The van der Waals surface area contributed by atoms with Crippen molar-refractivity contribution in [2.24, 2.45) is 0 Å². The second-order valence-corrected chi connectivity index (χ2v) is 5.09. The van der Waals surface area contributed by atoms with E-state index < -0.39 is 5.97 Å². The Bertz CT molecular complexity index is 572. The van der Waals surface area contributed by atoms with Gasteiger partial charge in [-0.1, -0.05) is 23.4 Å². The molecule has 0 atom stereocenters. The summed E-state index contributed by atoms with van der Waals surface area (Å²) in [6.45, 7) is 6.17. The van der Waals surface area contributed by atoms with Crippen LogP contribution < -0.4 is 0 Å². The van der Waals surface area contributed by atoms with Crippen molar-refractivity contribution in [1.29, 1.82) is 0 Å². The van der Waals surface area contributed by atoms with Gasteiger partial charge in [0.05, 0.1) is 12.2 Å². The third kappa shape index (κ3) is 2.65. The van der Waals surface area contributed by atoms with Gasteiger partial charge in [0, 0.05) is 11.3 Å². The molecule has 0 amide bonds. The summed E-state index contributed by atoms with van der Waals surface area (Å²) in [7, 11) is 0. The predicted molar refractivity (Wildman–Crippen MR) is 68.9 cm³/mol. The number of hydrogen-bond donors (Lipinski definition) is 1. The van der Waals surface area contributed by atoms with E-state index in [4.69, 9.17) is 5.11 Å². The Morgan fingerprint density at radius 3 is 2.94 bits per heavy atom. The molecule has 0 fully saturated rings. The quantitative estimate of drug-likeness (QED) is 0.840. The minimum Gasteiger partial charge on any atom is -0.476 e. The van der Waals surface area contributed by atoms with Crippen molar-refractivity contribution in [3.63, 3.8) is 0 Å². The second kappa shape index (κ2) is 5.14. The van der Waals surface area contributed by atoms with Gasteiger partial charge >= 0.3 is 5.97 Å². The van der Waals surface area contributed by atoms with Crippen molar-refractivity contribution in [3.8, 4) is 0 Å². The molecule has 0 bridgehead atoms. The number of hydrogen-bond acceptors (Lipinski definition) is 4. The molecule has 94 valence electrons. The molecule has 2 aromatic heterocycles. The molecule has 0 saturated carbocycles. The van der Waals surface area contributed by atoms with E-state index in [1.807, 2.05) is 24.4 Å². The number of carboxylic acids is 1. The van der Waals surface area contributed by atoms with Gasteiger partial charge in [-0.2, -0.15) is 0 Å². The van der Waals surface area contributed by atoms with Crippen LogP contribution in [0, 0.1) is 0 Å². The number of carbonyl (C=O) groups is 1. The molecule has 0 spiro atoms. The first-order chi connectivity index (χ1) is 8.58. The highest BCUT2D eigenvalue weighted by atomic mass is 32.1. The van der Waals surface area contributed by atoms with E-state index in [0.29, 0.717) is 18.7 Å². The lowest BCUT2D eigenvalue weighted by molar-refractivity contribution is 0.0689. The van der Waals surface area contributed by atoms with Crippen LogP contribution in [0.25, 0.3) is 0 Å². The summed E-state index contributed by atoms with van der Waals surface area (Å²) in [5, 5.41) is 18.7. The topological polar surface area (TPSA) is 68.0 Å². The van der Waals surface area contributed by atoms with Gasteiger partial charge in [0.2, 0.25) is 0 Å². The monoisotopic (exact) mass is 263 g/mol. The molecule has 5 nitrogen and oxygen atoms in total. The van der Waals surface area contributed by atoms with E-state index in [0.717, 1.165) is 10.5 Å². The van der Waals surface area contributed by atoms with Crippen LogP contribution in [-0.4, -0.2) is 26.1 Å². The summed E-state index contributed by atoms with van der Waals surface area (Å²) >= 11 is 1.58. The first-order valence-electron chi connectivity index (χ1n) is 5.40. The molecule has 0 radical (unpaired) electrons. The van der Waals surface area contributed by atoms with Crippen molar-refractivity contribution in [2.75, 3.05) is 0 Å². The number of thiophene rings is 1. The van der Waals surface area contributed by atoms with Crippen molar-refractivity contribution in [2.45, 2.75) is 19.9 Å². The third-order valence-electron chi connectivity index (χ3n) is 2.38. The zero-order valence-corrected chi connectivity index (χ0v) is 10.8. The summed E-state index contributed by atoms with van der Waals surface area (Å²) in [6, 6.07) is 3.90. The molecular formula is C12H13N3O2S. The molecule has 2 heterocycles. The zero-order valence-electron chi connectivity index (χ0n) is 9.96. The second-order valence-electron chi connectivity index (χ2n) is 4.06. The molecule has 0 unspecified atom stereocenters. The van der Waals surface area contributed by atoms with Crippen molar-refractivity contribution in [3.05, 3.63) is 45.9 Å². The molecule has 0 saturated heterocycles. The van der Waals surface area contributed by atoms with Crippen LogP contribution >= 0.6 is 11.3 Å². The smallest absolute Gasteiger partial charge is 0.358 e. The van der Waals surface area contributed by atoms with Gasteiger partial charge in [0.25, 0.3) is 0 Å². The average Bonchev–Trinajstić information content (AvgIpc) is 2.89. The Morgan fingerprint density at radius 1 is 1.61 bits per heavy atom. The Kier molecular flexibility index (Phi) is 3.57. The van der Waals surface area contributed by atoms with Gasteiger partial charge in [-0.15, -0.1) is 16.4 Å². The first kappa shape index (κ1) is 12.5. The van der Waals surface area contributed by atoms with Crippen LogP contribution in [0.5, 0.6) is 0 Å². The molecule has 2 aromatic rings. The maximum Gasteiger partial charge on any atom is 0.358 e. The van der Waals surface area contributed by atoms with Gasteiger partial charge in [0.1, 0.15) is 0 Å². The molecule has 2 rings (SSSR count). The highest BCUT2D eigenvalue weighted by Gasteiger charge is 2.19. The molecule has 18 heavy (non-hydrogen) atoms. The maximum atomic E-state index is 11.1. The highest BCUT2D eigenvalue weighted by molar-refractivity contribution is 7.09. The molecule has 0 aliphatic heterocycles. The molecule has 0 aliphatic rings. The van der Waals surface area contributed by atoms with E-state index in [-0.39, 0.29) is 5.69 Å². The summed E-state index contributed by atoms with van der Waals surface area (Å²) in [6.07, 6.45) is 0.527. The SMILES string of the molecule is C=C(C)Cn1nnc(C(=O)O)c1Cc1cccs1. The Labute approximate surface area is 108 Å². The fraction of sp³-hybridized carbons (Fsp3) is 0.250. The minimum absolute atomic E-state index is 0.0182. The summed E-state index contributed by atoms with van der Waals surface area (Å²) in [5.41, 5.74) is 1.54. The Balaban J connectivity index is 2.36. The standard InChI is InChI=1S/C12H13N3O2S/c1-8(2)7-15-10(6-9-4-3-5-18-9)11(12(16)17)13-14-15/h3-5H,1,6-7H2,2H3,(H,16,17). The summed E-state index contributed by atoms with van der Waals surface area (Å²) in [4.78, 5) is 12.2. The number of aromatic nitrogens is 3. The van der Waals surface area contributed by atoms with Crippen LogP contribution in [0.2, 0.25) is 0 Å². The van der Waals surface area contributed by atoms with Gasteiger partial charge < -0.3 is 5.11 Å². The van der Waals surface area contributed by atoms with Crippen LogP contribution in [0.3, 0.4) is 0 Å². The number of nitrogens with zero attached hydrogens (tertiary/aromatic N) is 3. The van der Waals surface area contributed by atoms with Crippen LogP contribution in [0.1, 0.15) is 28.0 Å². The van der Waals surface area contributed by atoms with Crippen molar-refractivity contribution >= 4 is 17.3 Å². The lowest BCUT2D eigenvalue weighted by atomic mass is 10.2. The van der Waals surface area contributed by atoms with E-state index >= 15 is 0 Å². The molecule has 6 heteroatoms. The zero-order chi connectivity index (χ0) is 13.1. The van der Waals surface area contributed by atoms with Gasteiger partial charge in [0.15, 0.2) is 5.69 Å². The minimum atomic E-state index is -1.05. The van der Waals surface area contributed by atoms with Crippen molar-refractivity contribution < 1.29 is 9.90 Å². The fourth-order valence-corrected chi connectivity index (χ4v) is 2.34. The Hall–Kier alpha value is -1.95. The van der Waals surface area contributed by atoms with E-state index in [1.54, 1.807) is 16.0 Å². The van der Waals surface area contributed by atoms with Gasteiger partial charge in [-0.25, -0.2) is 9.48 Å². The van der Waals surface area contributed by atoms with Crippen LogP contribution in [0.15, 0.2) is 29.7 Å². The molecular weight excluding hydrogens is 250 g/mol. The van der Waals surface area contributed by atoms with Gasteiger partial charge in [-0.05, 0) is 18.4 Å². The van der Waals surface area contributed by atoms with E-state index in [2.05, 4.69) is 16.9 Å². The molecule has 1 N–H and O–H groups in total. The average molecular weight is 263 g/mol. The highest BCUT2D eigenvalue weighted by Crippen LogP contribution is 2.17. The normalized spacial score (nSPS) is 10.5. The number of allylic oxidation sites excluding steroid dienone is 1. The Morgan fingerprint density at radius 2 is 2.39 bits per heavy atom. The van der Waals surface area contributed by atoms with Crippen LogP contribution in [-0.2, 0) is 13.0 Å². The fourth-order valence-electron chi connectivity index (χ4n) is 1.63.